The van der Waals surface area contributed by atoms with E-state index in [1.54, 1.807) is 0 Å². The predicted octanol–water partition coefficient (Wildman–Crippen LogP) is 0.810. The molecular formula is C8H5N2O2-. The number of hydrogen-bond donors (Lipinski definition) is 0. The summed E-state index contributed by atoms with van der Waals surface area (Å²) in [5.41, 5.74) is 0.781. The molecule has 0 saturated carbocycles. The molecular weight excluding hydrogens is 156 g/mol. The van der Waals surface area contributed by atoms with Crippen LogP contribution in [0.15, 0.2) is 34.9 Å². The average Bonchev–Trinajstić information content (AvgIpc) is 2.54. The van der Waals surface area contributed by atoms with Crippen molar-refractivity contribution in [3.05, 3.63) is 30.3 Å². The molecule has 4 nitrogen and oxygen atoms in total. The van der Waals surface area contributed by atoms with Gasteiger partial charge in [-0.3, -0.25) is 0 Å². The standard InChI is InChI=1S/C8H6N2O2/c11-8-9-7(10-12-8)6-4-2-1-3-5-6/h1-5H,(H,9,10,11)/p-1. The van der Waals surface area contributed by atoms with E-state index < -0.39 is 6.08 Å². The van der Waals surface area contributed by atoms with Crippen LogP contribution in [0.25, 0.3) is 11.4 Å². The summed E-state index contributed by atoms with van der Waals surface area (Å²) in [5.74, 6) is 0.334. The maximum atomic E-state index is 10.5. The molecule has 0 N–H and O–H groups in total. The quantitative estimate of drug-likeness (QED) is 0.620. The predicted molar refractivity (Wildman–Crippen MR) is 39.2 cm³/mol. The van der Waals surface area contributed by atoms with Crippen LogP contribution in [0, 0.1) is 0 Å². The molecule has 0 aliphatic heterocycles. The van der Waals surface area contributed by atoms with Gasteiger partial charge in [-0.2, -0.15) is 5.16 Å². The molecule has 1 heterocycles. The minimum Gasteiger partial charge on any atom is -0.528 e. The second-order valence-electron chi connectivity index (χ2n) is 2.25. The lowest BCUT2D eigenvalue weighted by atomic mass is 10.2. The highest BCUT2D eigenvalue weighted by molar-refractivity contribution is 5.53. The Labute approximate surface area is 68.5 Å². The first-order valence-corrected chi connectivity index (χ1v) is 3.42. The molecule has 1 aromatic heterocycles. The molecule has 0 atom stereocenters. The number of nitrogens with zero attached hydrogens (tertiary/aromatic N) is 2. The van der Waals surface area contributed by atoms with E-state index in [4.69, 9.17) is 0 Å². The van der Waals surface area contributed by atoms with Gasteiger partial charge in [0.1, 0.15) is 0 Å². The molecule has 0 saturated heterocycles. The van der Waals surface area contributed by atoms with Gasteiger partial charge in [-0.25, -0.2) is 4.98 Å². The van der Waals surface area contributed by atoms with E-state index >= 15 is 0 Å². The summed E-state index contributed by atoms with van der Waals surface area (Å²) in [7, 11) is 0. The fraction of sp³-hybridized carbons (Fsp3) is 0. The highest BCUT2D eigenvalue weighted by Crippen LogP contribution is 2.15. The van der Waals surface area contributed by atoms with Gasteiger partial charge in [0.05, 0.1) is 0 Å². The summed E-state index contributed by atoms with van der Waals surface area (Å²) in [6.07, 6.45) is -0.658. The lowest BCUT2D eigenvalue weighted by Crippen LogP contribution is -1.87. The molecule has 60 valence electrons. The van der Waals surface area contributed by atoms with Gasteiger partial charge in [0, 0.05) is 5.56 Å². The molecule has 0 radical (unpaired) electrons. The molecule has 0 unspecified atom stereocenters. The average molecular weight is 161 g/mol. The normalized spacial score (nSPS) is 10.0. The zero-order valence-electron chi connectivity index (χ0n) is 6.10. The van der Waals surface area contributed by atoms with Crippen LogP contribution in [0.1, 0.15) is 0 Å². The van der Waals surface area contributed by atoms with Crippen LogP contribution >= 0.6 is 0 Å². The van der Waals surface area contributed by atoms with Gasteiger partial charge in [-0.05, 0) is 0 Å². The second kappa shape index (κ2) is 2.65. The third-order valence-corrected chi connectivity index (χ3v) is 1.44. The number of benzene rings is 1. The van der Waals surface area contributed by atoms with E-state index in [2.05, 4.69) is 14.7 Å². The van der Waals surface area contributed by atoms with Crippen molar-refractivity contribution >= 4 is 0 Å². The lowest BCUT2D eigenvalue weighted by Gasteiger charge is -1.91. The highest BCUT2D eigenvalue weighted by atomic mass is 16.6. The smallest absolute Gasteiger partial charge is 0.174 e. The Morgan fingerprint density at radius 2 is 1.92 bits per heavy atom. The van der Waals surface area contributed by atoms with Crippen LogP contribution in [0.3, 0.4) is 0 Å². The van der Waals surface area contributed by atoms with E-state index in [0.717, 1.165) is 5.56 Å². The Hall–Kier alpha value is -1.84. The topological polar surface area (TPSA) is 62.0 Å². The largest absolute Gasteiger partial charge is 0.528 e. The maximum Gasteiger partial charge on any atom is 0.174 e. The Morgan fingerprint density at radius 3 is 2.50 bits per heavy atom. The Bertz CT molecular complexity index is 370. The molecule has 0 aliphatic rings. The first kappa shape index (κ1) is 6.84. The first-order chi connectivity index (χ1) is 5.86. The van der Waals surface area contributed by atoms with Crippen molar-refractivity contribution in [1.82, 2.24) is 10.1 Å². The van der Waals surface area contributed by atoms with E-state index in [1.165, 1.54) is 0 Å². The SMILES string of the molecule is [O-]c1nc(-c2ccccc2)no1. The van der Waals surface area contributed by atoms with E-state index in [9.17, 15) is 5.11 Å². The summed E-state index contributed by atoms with van der Waals surface area (Å²) in [4.78, 5) is 3.55. The van der Waals surface area contributed by atoms with Gasteiger partial charge in [0.2, 0.25) is 0 Å². The van der Waals surface area contributed by atoms with Crippen LogP contribution in [0.5, 0.6) is 6.08 Å². The number of aromatic nitrogens is 2. The summed E-state index contributed by atoms with van der Waals surface area (Å²) in [5, 5.41) is 14.0. The molecule has 1 aromatic carbocycles. The molecule has 2 rings (SSSR count). The van der Waals surface area contributed by atoms with Crippen LogP contribution in [0.2, 0.25) is 0 Å². The zero-order chi connectivity index (χ0) is 8.39. The lowest BCUT2D eigenvalue weighted by molar-refractivity contribution is -0.303. The monoisotopic (exact) mass is 161 g/mol. The van der Waals surface area contributed by atoms with Crippen molar-refractivity contribution in [3.8, 4) is 17.5 Å². The molecule has 0 aliphatic carbocycles. The highest BCUT2D eigenvalue weighted by Gasteiger charge is 1.98. The third kappa shape index (κ3) is 1.14. The fourth-order valence-corrected chi connectivity index (χ4v) is 0.914. The van der Waals surface area contributed by atoms with Crippen molar-refractivity contribution in [2.75, 3.05) is 0 Å². The summed E-state index contributed by atoms with van der Waals surface area (Å²) in [6.45, 7) is 0. The summed E-state index contributed by atoms with van der Waals surface area (Å²) < 4.78 is 4.30. The summed E-state index contributed by atoms with van der Waals surface area (Å²) in [6, 6.07) is 9.18. The molecule has 0 fully saturated rings. The number of hydrogen-bond acceptors (Lipinski definition) is 4. The Balaban J connectivity index is 2.45. The Morgan fingerprint density at radius 1 is 1.17 bits per heavy atom. The molecule has 0 spiro atoms. The fourth-order valence-electron chi connectivity index (χ4n) is 0.914. The first-order valence-electron chi connectivity index (χ1n) is 3.42. The van der Waals surface area contributed by atoms with E-state index in [1.807, 2.05) is 30.3 Å². The molecule has 2 aromatic rings. The zero-order valence-corrected chi connectivity index (χ0v) is 6.10. The van der Waals surface area contributed by atoms with Crippen molar-refractivity contribution in [1.29, 1.82) is 0 Å². The minimum atomic E-state index is -0.658. The minimum absolute atomic E-state index is 0.334. The van der Waals surface area contributed by atoms with Crippen LogP contribution in [-0.4, -0.2) is 10.1 Å². The molecule has 12 heavy (non-hydrogen) atoms. The number of rotatable bonds is 1. The van der Waals surface area contributed by atoms with Gasteiger partial charge in [-0.15, -0.1) is 0 Å². The van der Waals surface area contributed by atoms with Crippen molar-refractivity contribution in [2.45, 2.75) is 0 Å². The van der Waals surface area contributed by atoms with Crippen molar-refractivity contribution in [2.24, 2.45) is 0 Å². The molecule has 0 amide bonds. The molecule has 0 bridgehead atoms. The van der Waals surface area contributed by atoms with Crippen molar-refractivity contribution in [3.63, 3.8) is 0 Å². The van der Waals surface area contributed by atoms with Gasteiger partial charge in [0.25, 0.3) is 0 Å². The van der Waals surface area contributed by atoms with E-state index in [0.29, 0.717) is 5.82 Å². The second-order valence-corrected chi connectivity index (χ2v) is 2.25. The van der Waals surface area contributed by atoms with Gasteiger partial charge in [0.15, 0.2) is 11.9 Å². The maximum absolute atomic E-state index is 10.5. The third-order valence-electron chi connectivity index (χ3n) is 1.44. The van der Waals surface area contributed by atoms with Gasteiger partial charge < -0.3 is 9.63 Å². The van der Waals surface area contributed by atoms with Crippen LogP contribution in [-0.2, 0) is 0 Å². The van der Waals surface area contributed by atoms with E-state index in [-0.39, 0.29) is 0 Å². The van der Waals surface area contributed by atoms with Gasteiger partial charge in [-0.1, -0.05) is 30.3 Å². The molecule has 4 heteroatoms. The van der Waals surface area contributed by atoms with Gasteiger partial charge >= 0.3 is 0 Å². The summed E-state index contributed by atoms with van der Waals surface area (Å²) >= 11 is 0. The van der Waals surface area contributed by atoms with Crippen LogP contribution < -0.4 is 5.11 Å². The van der Waals surface area contributed by atoms with Crippen molar-refractivity contribution < 1.29 is 9.63 Å². The van der Waals surface area contributed by atoms with Crippen LogP contribution in [0.4, 0.5) is 0 Å². The Kier molecular flexibility index (Phi) is 1.51.